The van der Waals surface area contributed by atoms with E-state index in [1.807, 2.05) is 61.5 Å². The molecule has 0 unspecified atom stereocenters. The SMILES string of the molecule is Cc1ccc2c(Nc3ncnc(Oc4ccc(C(C)C)cc4)c3N)cccc2n1. The summed E-state index contributed by atoms with van der Waals surface area (Å²) in [6.45, 7) is 6.28. The van der Waals surface area contributed by atoms with E-state index >= 15 is 0 Å². The highest BCUT2D eigenvalue weighted by Gasteiger charge is 2.12. The highest BCUT2D eigenvalue weighted by Crippen LogP contribution is 2.33. The molecule has 2 aromatic carbocycles. The van der Waals surface area contributed by atoms with Crippen LogP contribution in [-0.2, 0) is 0 Å². The maximum absolute atomic E-state index is 6.30. The van der Waals surface area contributed by atoms with Crippen LogP contribution >= 0.6 is 0 Å². The summed E-state index contributed by atoms with van der Waals surface area (Å²) < 4.78 is 5.90. The first-order chi connectivity index (χ1) is 14.0. The third kappa shape index (κ3) is 3.96. The standard InChI is InChI=1S/C23H23N5O/c1-14(2)16-8-10-17(11-9-16)29-23-21(24)22(25-13-26-23)28-20-6-4-5-19-18(20)12-7-15(3)27-19/h4-14H,24H2,1-3H3,(H,25,26,28). The summed E-state index contributed by atoms with van der Waals surface area (Å²) >= 11 is 0. The minimum Gasteiger partial charge on any atom is -0.437 e. The molecule has 146 valence electrons. The average molecular weight is 385 g/mol. The molecule has 2 heterocycles. The summed E-state index contributed by atoms with van der Waals surface area (Å²) in [7, 11) is 0. The Morgan fingerprint density at radius 1 is 0.966 bits per heavy atom. The Morgan fingerprint density at radius 3 is 2.52 bits per heavy atom. The molecule has 0 atom stereocenters. The van der Waals surface area contributed by atoms with Crippen LogP contribution in [0.1, 0.15) is 31.0 Å². The number of benzene rings is 2. The van der Waals surface area contributed by atoms with Crippen molar-refractivity contribution in [2.24, 2.45) is 0 Å². The molecule has 0 bridgehead atoms. The lowest BCUT2D eigenvalue weighted by atomic mass is 10.0. The van der Waals surface area contributed by atoms with E-state index < -0.39 is 0 Å². The maximum atomic E-state index is 6.30. The molecule has 0 aliphatic rings. The number of aromatic nitrogens is 3. The van der Waals surface area contributed by atoms with Crippen molar-refractivity contribution in [2.45, 2.75) is 26.7 Å². The number of nitrogens with one attached hydrogen (secondary N) is 1. The summed E-state index contributed by atoms with van der Waals surface area (Å²) in [5, 5.41) is 4.28. The maximum Gasteiger partial charge on any atom is 0.248 e. The van der Waals surface area contributed by atoms with Crippen LogP contribution in [0, 0.1) is 6.92 Å². The molecule has 0 aliphatic heterocycles. The van der Waals surface area contributed by atoms with Gasteiger partial charge in [0.15, 0.2) is 5.82 Å². The van der Waals surface area contributed by atoms with E-state index in [1.165, 1.54) is 11.9 Å². The monoisotopic (exact) mass is 385 g/mol. The average Bonchev–Trinajstić information content (AvgIpc) is 2.71. The molecule has 0 amide bonds. The van der Waals surface area contributed by atoms with Gasteiger partial charge in [0.25, 0.3) is 0 Å². The van der Waals surface area contributed by atoms with Gasteiger partial charge in [-0.2, -0.15) is 4.98 Å². The Hall–Kier alpha value is -3.67. The molecule has 0 saturated carbocycles. The van der Waals surface area contributed by atoms with Gasteiger partial charge in [0.05, 0.1) is 5.52 Å². The summed E-state index contributed by atoms with van der Waals surface area (Å²) in [5.74, 6) is 1.94. The first-order valence-corrected chi connectivity index (χ1v) is 9.53. The topological polar surface area (TPSA) is 86.0 Å². The predicted molar refractivity (Wildman–Crippen MR) is 117 cm³/mol. The number of nitrogen functional groups attached to an aromatic ring is 1. The van der Waals surface area contributed by atoms with Crippen LogP contribution in [0.15, 0.2) is 60.9 Å². The minimum atomic E-state index is 0.314. The van der Waals surface area contributed by atoms with E-state index in [0.717, 1.165) is 22.3 Å². The number of hydrogen-bond acceptors (Lipinski definition) is 6. The van der Waals surface area contributed by atoms with Crippen molar-refractivity contribution in [1.82, 2.24) is 15.0 Å². The molecule has 0 radical (unpaired) electrons. The highest BCUT2D eigenvalue weighted by molar-refractivity contribution is 5.94. The van der Waals surface area contributed by atoms with E-state index in [9.17, 15) is 0 Å². The smallest absolute Gasteiger partial charge is 0.248 e. The molecule has 0 aliphatic carbocycles. The number of pyridine rings is 1. The van der Waals surface area contributed by atoms with Crippen LogP contribution in [0.4, 0.5) is 17.2 Å². The van der Waals surface area contributed by atoms with Gasteiger partial charge in [-0.05, 0) is 54.8 Å². The Kier molecular flexibility index (Phi) is 4.99. The second-order valence-electron chi connectivity index (χ2n) is 7.22. The minimum absolute atomic E-state index is 0.314. The number of nitrogens with two attached hydrogens (primary N) is 1. The normalized spacial score (nSPS) is 11.0. The summed E-state index contributed by atoms with van der Waals surface area (Å²) in [6.07, 6.45) is 1.43. The van der Waals surface area contributed by atoms with Crippen LogP contribution in [0.2, 0.25) is 0 Å². The van der Waals surface area contributed by atoms with Crippen molar-refractivity contribution < 1.29 is 4.74 Å². The van der Waals surface area contributed by atoms with E-state index in [1.54, 1.807) is 0 Å². The number of nitrogens with zero attached hydrogens (tertiary/aromatic N) is 3. The zero-order chi connectivity index (χ0) is 20.4. The highest BCUT2D eigenvalue weighted by atomic mass is 16.5. The van der Waals surface area contributed by atoms with E-state index in [2.05, 4.69) is 34.1 Å². The quantitative estimate of drug-likeness (QED) is 0.467. The zero-order valence-corrected chi connectivity index (χ0v) is 16.7. The van der Waals surface area contributed by atoms with Crippen LogP contribution in [0.25, 0.3) is 10.9 Å². The molecule has 4 rings (SSSR count). The van der Waals surface area contributed by atoms with Gasteiger partial charge in [-0.3, -0.25) is 4.98 Å². The first-order valence-electron chi connectivity index (χ1n) is 9.53. The molecule has 6 nitrogen and oxygen atoms in total. The number of anilines is 3. The van der Waals surface area contributed by atoms with Crippen molar-refractivity contribution in [2.75, 3.05) is 11.1 Å². The Balaban J connectivity index is 1.62. The lowest BCUT2D eigenvalue weighted by Gasteiger charge is -2.13. The lowest BCUT2D eigenvalue weighted by Crippen LogP contribution is -2.03. The fourth-order valence-electron chi connectivity index (χ4n) is 3.09. The van der Waals surface area contributed by atoms with E-state index in [0.29, 0.717) is 29.1 Å². The summed E-state index contributed by atoms with van der Waals surface area (Å²) in [4.78, 5) is 13.1. The van der Waals surface area contributed by atoms with Gasteiger partial charge in [0, 0.05) is 16.8 Å². The molecular formula is C23H23N5O. The van der Waals surface area contributed by atoms with Crippen LogP contribution in [0.5, 0.6) is 11.6 Å². The van der Waals surface area contributed by atoms with Crippen molar-refractivity contribution in [3.05, 3.63) is 72.2 Å². The molecule has 6 heteroatoms. The molecule has 0 spiro atoms. The molecule has 4 aromatic rings. The fourth-order valence-corrected chi connectivity index (χ4v) is 3.09. The lowest BCUT2D eigenvalue weighted by molar-refractivity contribution is 0.464. The Morgan fingerprint density at radius 2 is 1.76 bits per heavy atom. The van der Waals surface area contributed by atoms with Gasteiger partial charge in [0.1, 0.15) is 17.8 Å². The summed E-state index contributed by atoms with van der Waals surface area (Å²) in [6, 6.07) is 17.8. The second-order valence-corrected chi connectivity index (χ2v) is 7.22. The second kappa shape index (κ2) is 7.75. The molecule has 0 fully saturated rings. The number of ether oxygens (including phenoxy) is 1. The largest absolute Gasteiger partial charge is 0.437 e. The van der Waals surface area contributed by atoms with Crippen LogP contribution in [0.3, 0.4) is 0 Å². The van der Waals surface area contributed by atoms with E-state index in [4.69, 9.17) is 10.5 Å². The molecule has 0 saturated heterocycles. The third-order valence-corrected chi connectivity index (χ3v) is 4.73. The van der Waals surface area contributed by atoms with Gasteiger partial charge in [0.2, 0.25) is 5.88 Å². The molecule has 2 aromatic heterocycles. The van der Waals surface area contributed by atoms with Crippen molar-refractivity contribution in [3.8, 4) is 11.6 Å². The van der Waals surface area contributed by atoms with Crippen molar-refractivity contribution in [3.63, 3.8) is 0 Å². The van der Waals surface area contributed by atoms with E-state index in [-0.39, 0.29) is 0 Å². The fraction of sp³-hybridized carbons (Fsp3) is 0.174. The van der Waals surface area contributed by atoms with Gasteiger partial charge in [-0.1, -0.05) is 32.0 Å². The summed E-state index contributed by atoms with van der Waals surface area (Å²) in [5.41, 5.74) is 10.6. The van der Waals surface area contributed by atoms with Crippen molar-refractivity contribution >= 4 is 28.1 Å². The molecule has 3 N–H and O–H groups in total. The van der Waals surface area contributed by atoms with Crippen LogP contribution in [-0.4, -0.2) is 15.0 Å². The van der Waals surface area contributed by atoms with Crippen LogP contribution < -0.4 is 15.8 Å². The number of rotatable bonds is 5. The number of hydrogen-bond donors (Lipinski definition) is 2. The first kappa shape index (κ1) is 18.7. The number of fused-ring (bicyclic) bond motifs is 1. The van der Waals surface area contributed by atoms with Gasteiger partial charge >= 0.3 is 0 Å². The molecular weight excluding hydrogens is 362 g/mol. The predicted octanol–water partition coefficient (Wildman–Crippen LogP) is 5.57. The van der Waals surface area contributed by atoms with Gasteiger partial charge < -0.3 is 15.8 Å². The zero-order valence-electron chi connectivity index (χ0n) is 16.7. The molecule has 29 heavy (non-hydrogen) atoms. The van der Waals surface area contributed by atoms with Gasteiger partial charge in [-0.15, -0.1) is 0 Å². The van der Waals surface area contributed by atoms with Gasteiger partial charge in [-0.25, -0.2) is 4.98 Å². The Bertz CT molecular complexity index is 1160. The van der Waals surface area contributed by atoms with Crippen molar-refractivity contribution in [1.29, 1.82) is 0 Å². The third-order valence-electron chi connectivity index (χ3n) is 4.73. The Labute approximate surface area is 169 Å². The number of aryl methyl sites for hydroxylation is 1.